The van der Waals surface area contributed by atoms with Gasteiger partial charge in [-0.25, -0.2) is 4.79 Å². The highest BCUT2D eigenvalue weighted by molar-refractivity contribution is 6.32. The molecule has 0 aliphatic carbocycles. The molecule has 2 aromatic carbocycles. The summed E-state index contributed by atoms with van der Waals surface area (Å²) in [5.41, 5.74) is 1.50. The first-order valence-corrected chi connectivity index (χ1v) is 8.92. The summed E-state index contributed by atoms with van der Waals surface area (Å²) in [5, 5.41) is 11.7. The quantitative estimate of drug-likeness (QED) is 0.558. The first-order chi connectivity index (χ1) is 13.4. The van der Waals surface area contributed by atoms with Gasteiger partial charge in [-0.05, 0) is 55.8 Å². The molecule has 1 amide bonds. The van der Waals surface area contributed by atoms with E-state index in [2.05, 4.69) is 5.32 Å². The third kappa shape index (κ3) is 6.15. The van der Waals surface area contributed by atoms with E-state index >= 15 is 0 Å². The molecule has 0 aliphatic rings. The molecule has 1 atom stereocenters. The first-order valence-electron chi connectivity index (χ1n) is 8.55. The van der Waals surface area contributed by atoms with Gasteiger partial charge < -0.3 is 14.8 Å². The fourth-order valence-corrected chi connectivity index (χ4v) is 2.42. The zero-order valence-electron chi connectivity index (χ0n) is 15.4. The Kier molecular flexibility index (Phi) is 7.61. The molecule has 7 heteroatoms. The lowest BCUT2D eigenvalue weighted by atomic mass is 10.2. The molecule has 0 saturated heterocycles. The molecule has 1 N–H and O–H groups in total. The molecule has 0 radical (unpaired) electrons. The van der Waals surface area contributed by atoms with Crippen LogP contribution < -0.4 is 10.1 Å². The summed E-state index contributed by atoms with van der Waals surface area (Å²) in [6.45, 7) is 3.94. The van der Waals surface area contributed by atoms with Crippen LogP contribution in [0.4, 0.5) is 5.69 Å². The number of ether oxygens (including phenoxy) is 2. The number of nitrogens with one attached hydrogen (secondary N) is 1. The van der Waals surface area contributed by atoms with Crippen LogP contribution in [0.5, 0.6) is 5.75 Å². The van der Waals surface area contributed by atoms with E-state index in [1.54, 1.807) is 36.4 Å². The zero-order valence-corrected chi connectivity index (χ0v) is 16.2. The van der Waals surface area contributed by atoms with Gasteiger partial charge in [0.1, 0.15) is 11.8 Å². The molecule has 144 valence electrons. The van der Waals surface area contributed by atoms with Gasteiger partial charge in [0.25, 0.3) is 5.91 Å². The van der Waals surface area contributed by atoms with E-state index in [0.717, 1.165) is 11.3 Å². The first kappa shape index (κ1) is 21.0. The Labute approximate surface area is 168 Å². The van der Waals surface area contributed by atoms with Gasteiger partial charge in [0, 0.05) is 11.8 Å². The lowest BCUT2D eigenvalue weighted by Crippen LogP contribution is -2.29. The van der Waals surface area contributed by atoms with Crippen molar-refractivity contribution in [2.45, 2.75) is 20.0 Å². The molecule has 0 bridgehead atoms. The average molecular weight is 399 g/mol. The predicted octanol–water partition coefficient (Wildman–Crippen LogP) is 4.19. The van der Waals surface area contributed by atoms with Gasteiger partial charge in [0.2, 0.25) is 0 Å². The molecule has 0 spiro atoms. The van der Waals surface area contributed by atoms with Crippen LogP contribution in [0.2, 0.25) is 5.02 Å². The summed E-state index contributed by atoms with van der Waals surface area (Å²) in [6.07, 6.45) is 1.83. The van der Waals surface area contributed by atoms with E-state index in [4.69, 9.17) is 26.3 Å². The third-order valence-corrected chi connectivity index (χ3v) is 3.93. The molecule has 0 fully saturated rings. The second-order valence-electron chi connectivity index (χ2n) is 5.71. The number of carbonyl (C=O) groups excluding carboxylic acids is 2. The van der Waals surface area contributed by atoms with Gasteiger partial charge in [-0.2, -0.15) is 5.26 Å². The molecule has 0 aromatic heterocycles. The van der Waals surface area contributed by atoms with E-state index in [1.165, 1.54) is 25.1 Å². The molecule has 0 saturated carbocycles. The number of rotatable bonds is 7. The van der Waals surface area contributed by atoms with Gasteiger partial charge in [-0.3, -0.25) is 4.79 Å². The Bertz CT molecular complexity index is 917. The molecule has 0 aliphatic heterocycles. The number of halogens is 1. The smallest absolute Gasteiger partial charge is 0.331 e. The highest BCUT2D eigenvalue weighted by Gasteiger charge is 2.17. The third-order valence-electron chi connectivity index (χ3n) is 3.62. The predicted molar refractivity (Wildman–Crippen MR) is 107 cm³/mol. The Morgan fingerprint density at radius 2 is 1.96 bits per heavy atom. The van der Waals surface area contributed by atoms with Crippen LogP contribution >= 0.6 is 11.6 Å². The number of hydrogen-bond donors (Lipinski definition) is 1. The van der Waals surface area contributed by atoms with Crippen LogP contribution in [0.15, 0.2) is 48.5 Å². The highest BCUT2D eigenvalue weighted by Crippen LogP contribution is 2.20. The molecule has 2 rings (SSSR count). The van der Waals surface area contributed by atoms with Crippen LogP contribution in [-0.2, 0) is 14.3 Å². The zero-order chi connectivity index (χ0) is 20.5. The van der Waals surface area contributed by atoms with Crippen molar-refractivity contribution < 1.29 is 19.1 Å². The molecular formula is C21H19ClN2O4. The van der Waals surface area contributed by atoms with Crippen LogP contribution in [-0.4, -0.2) is 24.6 Å². The molecule has 0 unspecified atom stereocenters. The van der Waals surface area contributed by atoms with Crippen molar-refractivity contribution in [1.29, 1.82) is 5.26 Å². The van der Waals surface area contributed by atoms with Crippen LogP contribution in [0, 0.1) is 11.3 Å². The van der Waals surface area contributed by atoms with Crippen molar-refractivity contribution in [1.82, 2.24) is 0 Å². The number of esters is 1. The molecule has 2 aromatic rings. The van der Waals surface area contributed by atoms with Crippen molar-refractivity contribution in [2.24, 2.45) is 0 Å². The molecular weight excluding hydrogens is 380 g/mol. The monoisotopic (exact) mass is 398 g/mol. The van der Waals surface area contributed by atoms with Crippen molar-refractivity contribution in [3.63, 3.8) is 0 Å². The van der Waals surface area contributed by atoms with Crippen LogP contribution in [0.3, 0.4) is 0 Å². The number of nitriles is 1. The summed E-state index contributed by atoms with van der Waals surface area (Å²) in [6, 6.07) is 13.6. The van der Waals surface area contributed by atoms with Gasteiger partial charge in [-0.1, -0.05) is 23.7 Å². The number of hydrogen-bond acceptors (Lipinski definition) is 5. The molecule has 6 nitrogen and oxygen atoms in total. The second-order valence-corrected chi connectivity index (χ2v) is 6.12. The molecule has 0 heterocycles. The van der Waals surface area contributed by atoms with Gasteiger partial charge >= 0.3 is 5.97 Å². The minimum Gasteiger partial charge on any atom is -0.494 e. The van der Waals surface area contributed by atoms with E-state index in [0.29, 0.717) is 17.9 Å². The maximum atomic E-state index is 12.2. The minimum absolute atomic E-state index is 0.225. The lowest BCUT2D eigenvalue weighted by Gasteiger charge is -2.12. The van der Waals surface area contributed by atoms with Crippen molar-refractivity contribution in [3.05, 3.63) is 64.7 Å². The fraction of sp³-hybridized carbons (Fsp3) is 0.190. The Morgan fingerprint density at radius 3 is 2.57 bits per heavy atom. The average Bonchev–Trinajstić information content (AvgIpc) is 2.68. The fourth-order valence-electron chi connectivity index (χ4n) is 2.20. The van der Waals surface area contributed by atoms with Gasteiger partial charge in [-0.15, -0.1) is 0 Å². The minimum atomic E-state index is -1.01. The topological polar surface area (TPSA) is 88.4 Å². The number of anilines is 1. The van der Waals surface area contributed by atoms with Gasteiger partial charge in [0.05, 0.1) is 17.2 Å². The van der Waals surface area contributed by atoms with Crippen molar-refractivity contribution in [2.75, 3.05) is 11.9 Å². The standard InChI is InChI=1S/C21H19ClN2O4/c1-3-27-18-9-4-15(5-10-18)6-11-20(25)28-14(2)21(26)24-17-8-7-16(13-23)19(22)12-17/h4-12,14H,3H2,1-2H3,(H,24,26)/b11-6+/t14-/m0/s1. The maximum absolute atomic E-state index is 12.2. The summed E-state index contributed by atoms with van der Waals surface area (Å²) >= 11 is 5.93. The lowest BCUT2D eigenvalue weighted by molar-refractivity contribution is -0.148. The highest BCUT2D eigenvalue weighted by atomic mass is 35.5. The van der Waals surface area contributed by atoms with Crippen LogP contribution in [0.1, 0.15) is 25.0 Å². The maximum Gasteiger partial charge on any atom is 0.331 e. The van der Waals surface area contributed by atoms with E-state index in [9.17, 15) is 9.59 Å². The normalized spacial score (nSPS) is 11.5. The number of benzene rings is 2. The summed E-state index contributed by atoms with van der Waals surface area (Å²) in [5.74, 6) is -0.409. The van der Waals surface area contributed by atoms with Crippen molar-refractivity contribution in [3.8, 4) is 11.8 Å². The summed E-state index contributed by atoms with van der Waals surface area (Å²) < 4.78 is 10.4. The van der Waals surface area contributed by atoms with E-state index < -0.39 is 18.0 Å². The Morgan fingerprint density at radius 1 is 1.25 bits per heavy atom. The van der Waals surface area contributed by atoms with E-state index in [1.807, 2.05) is 13.0 Å². The largest absolute Gasteiger partial charge is 0.494 e. The Balaban J connectivity index is 1.89. The SMILES string of the molecule is CCOc1ccc(/C=C/C(=O)O[C@@H](C)C(=O)Nc2ccc(C#N)c(Cl)c2)cc1. The Hall–Kier alpha value is -3.30. The second kappa shape index (κ2) is 10.1. The summed E-state index contributed by atoms with van der Waals surface area (Å²) in [7, 11) is 0. The number of carbonyl (C=O) groups is 2. The number of nitrogens with zero attached hydrogens (tertiary/aromatic N) is 1. The number of amides is 1. The summed E-state index contributed by atoms with van der Waals surface area (Å²) in [4.78, 5) is 24.1. The van der Waals surface area contributed by atoms with Crippen molar-refractivity contribution >= 4 is 35.2 Å². The molecule has 28 heavy (non-hydrogen) atoms. The van der Waals surface area contributed by atoms with Gasteiger partial charge in [0.15, 0.2) is 6.10 Å². The van der Waals surface area contributed by atoms with Crippen LogP contribution in [0.25, 0.3) is 6.08 Å². The van der Waals surface area contributed by atoms with E-state index in [-0.39, 0.29) is 5.02 Å².